The summed E-state index contributed by atoms with van der Waals surface area (Å²) in [5.74, 6) is 2.32. The molecule has 0 N–H and O–H groups in total. The molecule has 0 aromatic carbocycles. The Morgan fingerprint density at radius 1 is 1.42 bits per heavy atom. The maximum Gasteiger partial charge on any atom is 0.331 e. The Morgan fingerprint density at radius 2 is 2.08 bits per heavy atom. The van der Waals surface area contributed by atoms with Gasteiger partial charge in [-0.05, 0) is 11.8 Å². The Labute approximate surface area is 78.3 Å². The monoisotopic (exact) mass is 187 g/mol. The second-order valence-corrected chi connectivity index (χ2v) is 6.94. The van der Waals surface area contributed by atoms with Crippen molar-refractivity contribution in [3.05, 3.63) is 0 Å². The average molecular weight is 187 g/mol. The van der Waals surface area contributed by atoms with Crippen LogP contribution < -0.4 is 0 Å². The van der Waals surface area contributed by atoms with E-state index in [2.05, 4.69) is 20.8 Å². The van der Waals surface area contributed by atoms with E-state index in [1.54, 1.807) is 0 Å². The molecule has 0 amide bonds. The van der Waals surface area contributed by atoms with Gasteiger partial charge in [0.15, 0.2) is 0 Å². The molecule has 1 rings (SSSR count). The zero-order chi connectivity index (χ0) is 9.19. The minimum Gasteiger partial charge on any atom is -0.238 e. The molecule has 1 fully saturated rings. The standard InChI is InChI=1S/C10H19OS/c1-10(2,3)6-8-12-7-4-5-9(12)11/h4-8H2,1-3H3/q+1. The second kappa shape index (κ2) is 3.82. The van der Waals surface area contributed by atoms with Crippen molar-refractivity contribution in [2.45, 2.75) is 40.0 Å². The third-order valence-corrected chi connectivity index (χ3v) is 4.52. The van der Waals surface area contributed by atoms with E-state index in [1.165, 1.54) is 12.2 Å². The number of carbonyl (C=O) groups excluding carboxylic acids is 1. The molecule has 12 heavy (non-hydrogen) atoms. The molecule has 70 valence electrons. The normalized spacial score (nSPS) is 24.9. The Kier molecular flexibility index (Phi) is 3.22. The predicted octanol–water partition coefficient (Wildman–Crippen LogP) is 2.36. The van der Waals surface area contributed by atoms with Crippen LogP contribution in [0.5, 0.6) is 0 Å². The van der Waals surface area contributed by atoms with Gasteiger partial charge < -0.3 is 0 Å². The van der Waals surface area contributed by atoms with Crippen LogP contribution in [0.4, 0.5) is 0 Å². The molecule has 0 aromatic rings. The number of hydrogen-bond donors (Lipinski definition) is 0. The van der Waals surface area contributed by atoms with Crippen LogP contribution in [0, 0.1) is 5.41 Å². The highest BCUT2D eigenvalue weighted by molar-refractivity contribution is 8.11. The van der Waals surface area contributed by atoms with Crippen LogP contribution in [0.3, 0.4) is 0 Å². The fourth-order valence-electron chi connectivity index (χ4n) is 1.29. The molecule has 0 bridgehead atoms. The molecule has 2 heteroatoms. The minimum absolute atomic E-state index is 0.143. The van der Waals surface area contributed by atoms with Crippen LogP contribution in [0.15, 0.2) is 0 Å². The van der Waals surface area contributed by atoms with Gasteiger partial charge in [-0.2, -0.15) is 0 Å². The van der Waals surface area contributed by atoms with Crippen LogP contribution in [0.2, 0.25) is 0 Å². The topological polar surface area (TPSA) is 17.1 Å². The Hall–Kier alpha value is 0.0200. The average Bonchev–Trinajstić information content (AvgIpc) is 2.29. The van der Waals surface area contributed by atoms with Gasteiger partial charge in [-0.25, -0.2) is 4.79 Å². The van der Waals surface area contributed by atoms with Crippen LogP contribution in [0.1, 0.15) is 40.0 Å². The van der Waals surface area contributed by atoms with Crippen LogP contribution in [-0.4, -0.2) is 16.6 Å². The van der Waals surface area contributed by atoms with Gasteiger partial charge in [0, 0.05) is 6.42 Å². The Morgan fingerprint density at radius 3 is 2.50 bits per heavy atom. The summed E-state index contributed by atoms with van der Waals surface area (Å²) in [6.45, 7) is 6.74. The van der Waals surface area contributed by atoms with Crippen molar-refractivity contribution >= 4 is 16.0 Å². The third-order valence-electron chi connectivity index (χ3n) is 2.19. The van der Waals surface area contributed by atoms with E-state index in [0.717, 1.165) is 18.6 Å². The van der Waals surface area contributed by atoms with E-state index in [9.17, 15) is 4.79 Å². The zero-order valence-corrected chi connectivity index (χ0v) is 9.17. The van der Waals surface area contributed by atoms with Crippen LogP contribution in [-0.2, 0) is 15.7 Å². The summed E-state index contributed by atoms with van der Waals surface area (Å²) < 4.78 is 0. The van der Waals surface area contributed by atoms with E-state index < -0.39 is 0 Å². The lowest BCUT2D eigenvalue weighted by molar-refractivity contribution is -0.110. The lowest BCUT2D eigenvalue weighted by Crippen LogP contribution is -2.19. The quantitative estimate of drug-likeness (QED) is 0.607. The highest BCUT2D eigenvalue weighted by atomic mass is 32.2. The van der Waals surface area contributed by atoms with Crippen LogP contribution in [0.25, 0.3) is 0 Å². The van der Waals surface area contributed by atoms with E-state index in [4.69, 9.17) is 0 Å². The van der Waals surface area contributed by atoms with Crippen molar-refractivity contribution < 1.29 is 4.79 Å². The molecular weight excluding hydrogens is 168 g/mol. The molecule has 0 spiro atoms. The molecular formula is C10H19OS+. The Bertz CT molecular complexity index is 169. The largest absolute Gasteiger partial charge is 0.331 e. The summed E-state index contributed by atoms with van der Waals surface area (Å²) >= 11 is 0. The number of hydrogen-bond acceptors (Lipinski definition) is 1. The Balaban J connectivity index is 2.27. The zero-order valence-electron chi connectivity index (χ0n) is 8.35. The molecule has 1 aliphatic rings. The molecule has 0 saturated carbocycles. The lowest BCUT2D eigenvalue weighted by Gasteiger charge is -2.15. The summed E-state index contributed by atoms with van der Waals surface area (Å²) in [4.78, 5) is 11.3. The summed E-state index contributed by atoms with van der Waals surface area (Å²) in [6.07, 6.45) is 3.20. The molecule has 0 aromatic heterocycles. The second-order valence-electron chi connectivity index (χ2n) is 4.69. The van der Waals surface area contributed by atoms with Gasteiger partial charge in [0.05, 0.1) is 17.3 Å². The molecule has 1 heterocycles. The van der Waals surface area contributed by atoms with Gasteiger partial charge in [-0.1, -0.05) is 20.8 Å². The van der Waals surface area contributed by atoms with Crippen molar-refractivity contribution in [1.29, 1.82) is 0 Å². The molecule has 1 atom stereocenters. The molecule has 1 saturated heterocycles. The first kappa shape index (κ1) is 10.1. The van der Waals surface area contributed by atoms with Crippen LogP contribution >= 0.6 is 0 Å². The first-order valence-electron chi connectivity index (χ1n) is 4.69. The van der Waals surface area contributed by atoms with Gasteiger partial charge in [-0.15, -0.1) is 0 Å². The van der Waals surface area contributed by atoms with E-state index in [0.29, 0.717) is 10.5 Å². The van der Waals surface area contributed by atoms with Crippen molar-refractivity contribution in [3.8, 4) is 0 Å². The predicted molar refractivity (Wildman–Crippen MR) is 55.4 cm³/mol. The highest BCUT2D eigenvalue weighted by Gasteiger charge is 2.35. The van der Waals surface area contributed by atoms with Gasteiger partial charge >= 0.3 is 5.12 Å². The maximum absolute atomic E-state index is 11.3. The SMILES string of the molecule is CC(C)(C)CC[S+]1CCCC1=O. The van der Waals surface area contributed by atoms with E-state index in [1.807, 2.05) is 0 Å². The summed E-state index contributed by atoms with van der Waals surface area (Å²) in [5.41, 5.74) is 0.399. The third kappa shape index (κ3) is 3.18. The lowest BCUT2D eigenvalue weighted by atomic mass is 9.94. The highest BCUT2D eigenvalue weighted by Crippen LogP contribution is 2.23. The number of rotatable bonds is 2. The molecule has 0 aliphatic carbocycles. The van der Waals surface area contributed by atoms with Crippen molar-refractivity contribution in [2.24, 2.45) is 5.41 Å². The molecule has 0 radical (unpaired) electrons. The molecule has 1 unspecified atom stereocenters. The number of carbonyl (C=O) groups is 1. The minimum atomic E-state index is 0.143. The van der Waals surface area contributed by atoms with Gasteiger partial charge in [-0.3, -0.25) is 0 Å². The van der Waals surface area contributed by atoms with Crippen molar-refractivity contribution in [1.82, 2.24) is 0 Å². The smallest absolute Gasteiger partial charge is 0.238 e. The van der Waals surface area contributed by atoms with Gasteiger partial charge in [0.2, 0.25) is 0 Å². The first-order chi connectivity index (χ1) is 5.49. The summed E-state index contributed by atoms with van der Waals surface area (Å²) in [5, 5.41) is 0.541. The molecule has 1 nitrogen and oxygen atoms in total. The summed E-state index contributed by atoms with van der Waals surface area (Å²) in [7, 11) is 0.143. The van der Waals surface area contributed by atoms with Crippen molar-refractivity contribution in [3.63, 3.8) is 0 Å². The molecule has 1 aliphatic heterocycles. The first-order valence-corrected chi connectivity index (χ1v) is 6.26. The van der Waals surface area contributed by atoms with E-state index in [-0.39, 0.29) is 10.9 Å². The van der Waals surface area contributed by atoms with Gasteiger partial charge in [0.25, 0.3) is 0 Å². The van der Waals surface area contributed by atoms with Gasteiger partial charge in [0.1, 0.15) is 11.5 Å². The summed E-state index contributed by atoms with van der Waals surface area (Å²) in [6, 6.07) is 0. The van der Waals surface area contributed by atoms with Crippen molar-refractivity contribution in [2.75, 3.05) is 11.5 Å². The fourth-order valence-corrected chi connectivity index (χ4v) is 3.74. The fraction of sp³-hybridized carbons (Fsp3) is 0.900. The maximum atomic E-state index is 11.3. The van der Waals surface area contributed by atoms with E-state index >= 15 is 0 Å².